The molecule has 0 unspecified atom stereocenters. The lowest BCUT2D eigenvalue weighted by Crippen LogP contribution is -3.00. The van der Waals surface area contributed by atoms with E-state index >= 15 is 0 Å². The zero-order chi connectivity index (χ0) is 17.8. The van der Waals surface area contributed by atoms with Gasteiger partial charge in [0.15, 0.2) is 0 Å². The van der Waals surface area contributed by atoms with Gasteiger partial charge in [0, 0.05) is 12.1 Å². The molecule has 0 fully saturated rings. The molecule has 3 rings (SSSR count). The molecule has 4 nitrogen and oxygen atoms in total. The summed E-state index contributed by atoms with van der Waals surface area (Å²) in [7, 11) is 4.11. The van der Waals surface area contributed by atoms with Crippen molar-refractivity contribution in [3.8, 4) is 5.75 Å². The van der Waals surface area contributed by atoms with Crippen LogP contribution in [0.25, 0.3) is 5.57 Å². The van der Waals surface area contributed by atoms with Crippen LogP contribution in [0.5, 0.6) is 5.75 Å². The molecule has 0 bridgehead atoms. The van der Waals surface area contributed by atoms with Gasteiger partial charge < -0.3 is 27.2 Å². The first-order valence-corrected chi connectivity index (χ1v) is 8.45. The van der Waals surface area contributed by atoms with E-state index in [1.807, 2.05) is 30.3 Å². The number of carboxylic acids is 1. The van der Waals surface area contributed by atoms with Crippen molar-refractivity contribution in [2.24, 2.45) is 0 Å². The van der Waals surface area contributed by atoms with E-state index in [1.54, 1.807) is 0 Å². The Hall–Kier alpha value is -2.30. The number of benzene rings is 2. The second-order valence-electron chi connectivity index (χ2n) is 6.56. The van der Waals surface area contributed by atoms with Gasteiger partial charge in [-0.15, -0.1) is 0 Å². The van der Waals surface area contributed by atoms with E-state index in [9.17, 15) is 4.79 Å². The SMILES string of the molecule is CN(C)CCC=C1c2ccccc2COc2ccc(CC(=O)O)cc21.[Cl-]. The topological polar surface area (TPSA) is 49.8 Å². The molecule has 0 spiro atoms. The van der Waals surface area contributed by atoms with E-state index < -0.39 is 5.97 Å². The van der Waals surface area contributed by atoms with Gasteiger partial charge in [0.05, 0.1) is 6.42 Å². The van der Waals surface area contributed by atoms with E-state index in [4.69, 9.17) is 9.84 Å². The van der Waals surface area contributed by atoms with E-state index in [0.717, 1.165) is 46.5 Å². The van der Waals surface area contributed by atoms with Gasteiger partial charge in [-0.05, 0) is 54.9 Å². The molecule has 1 aliphatic rings. The average Bonchev–Trinajstić information content (AvgIpc) is 2.72. The van der Waals surface area contributed by atoms with Gasteiger partial charge in [0.25, 0.3) is 0 Å². The summed E-state index contributed by atoms with van der Waals surface area (Å²) in [6, 6.07) is 13.9. The minimum atomic E-state index is -0.826. The maximum absolute atomic E-state index is 11.1. The summed E-state index contributed by atoms with van der Waals surface area (Å²) in [6.07, 6.45) is 3.16. The lowest BCUT2D eigenvalue weighted by molar-refractivity contribution is -0.136. The number of carboxylic acid groups (broad SMARTS) is 1. The molecule has 138 valence electrons. The van der Waals surface area contributed by atoms with Crippen LogP contribution in [0.15, 0.2) is 48.5 Å². The van der Waals surface area contributed by atoms with Crippen molar-refractivity contribution in [1.29, 1.82) is 0 Å². The van der Waals surface area contributed by atoms with Gasteiger partial charge in [-0.3, -0.25) is 4.79 Å². The van der Waals surface area contributed by atoms with Crippen molar-refractivity contribution in [2.75, 3.05) is 20.6 Å². The largest absolute Gasteiger partial charge is 1.00 e. The minimum absolute atomic E-state index is 0. The number of hydrogen-bond acceptors (Lipinski definition) is 3. The molecule has 0 aliphatic carbocycles. The number of halogens is 1. The van der Waals surface area contributed by atoms with Gasteiger partial charge in [0.2, 0.25) is 0 Å². The van der Waals surface area contributed by atoms with E-state index in [0.29, 0.717) is 6.61 Å². The summed E-state index contributed by atoms with van der Waals surface area (Å²) in [5, 5.41) is 9.10. The second-order valence-corrected chi connectivity index (χ2v) is 6.56. The van der Waals surface area contributed by atoms with Crippen LogP contribution in [0.4, 0.5) is 0 Å². The van der Waals surface area contributed by atoms with Gasteiger partial charge in [-0.2, -0.15) is 0 Å². The van der Waals surface area contributed by atoms with Crippen LogP contribution < -0.4 is 17.1 Å². The predicted octanol–water partition coefficient (Wildman–Crippen LogP) is 0.594. The quantitative estimate of drug-likeness (QED) is 0.834. The van der Waals surface area contributed by atoms with Crippen molar-refractivity contribution in [3.05, 3.63) is 70.8 Å². The molecule has 2 aromatic rings. The van der Waals surface area contributed by atoms with E-state index in [1.165, 1.54) is 0 Å². The summed E-state index contributed by atoms with van der Waals surface area (Å²) in [5.41, 5.74) is 5.19. The molecular formula is C21H23ClNO3-. The Morgan fingerprint density at radius 1 is 1.19 bits per heavy atom. The highest BCUT2D eigenvalue weighted by atomic mass is 35.5. The molecule has 0 atom stereocenters. The van der Waals surface area contributed by atoms with Gasteiger partial charge in [-0.25, -0.2) is 0 Å². The third-order valence-corrected chi connectivity index (χ3v) is 4.30. The van der Waals surface area contributed by atoms with Gasteiger partial charge in [-0.1, -0.05) is 36.4 Å². The van der Waals surface area contributed by atoms with Crippen LogP contribution in [0.1, 0.15) is 28.7 Å². The van der Waals surface area contributed by atoms with Gasteiger partial charge in [0.1, 0.15) is 12.4 Å². The summed E-state index contributed by atoms with van der Waals surface area (Å²) in [4.78, 5) is 13.2. The summed E-state index contributed by atoms with van der Waals surface area (Å²) in [5.74, 6) is -0.0190. The Morgan fingerprint density at radius 2 is 1.96 bits per heavy atom. The first-order chi connectivity index (χ1) is 12.0. The Kier molecular flexibility index (Phi) is 6.83. The minimum Gasteiger partial charge on any atom is -1.00 e. The fourth-order valence-corrected chi connectivity index (χ4v) is 3.09. The molecule has 2 aromatic carbocycles. The Labute approximate surface area is 160 Å². The number of aliphatic carboxylic acids is 1. The monoisotopic (exact) mass is 372 g/mol. The second kappa shape index (κ2) is 8.88. The van der Waals surface area contributed by atoms with E-state index in [2.05, 4.69) is 37.2 Å². The predicted molar refractivity (Wildman–Crippen MR) is 98.8 cm³/mol. The van der Waals surface area contributed by atoms with Crippen LogP contribution >= 0.6 is 0 Å². The molecule has 0 aromatic heterocycles. The summed E-state index contributed by atoms with van der Waals surface area (Å²) < 4.78 is 5.99. The van der Waals surface area contributed by atoms with Crippen LogP contribution in [-0.2, 0) is 17.8 Å². The van der Waals surface area contributed by atoms with Crippen LogP contribution in [-0.4, -0.2) is 36.6 Å². The first kappa shape index (κ1) is 20.0. The summed E-state index contributed by atoms with van der Waals surface area (Å²) in [6.45, 7) is 1.48. The fraction of sp³-hybridized carbons (Fsp3) is 0.286. The van der Waals surface area contributed by atoms with Crippen molar-refractivity contribution in [3.63, 3.8) is 0 Å². The lowest BCUT2D eigenvalue weighted by atomic mass is 9.92. The normalized spacial score (nSPS) is 14.0. The standard InChI is InChI=1S/C21H23NO3.ClH/c1-22(2)11-5-8-18-17-7-4-3-6-16(17)14-25-20-10-9-15(12-19(18)20)13-21(23)24;/h3-4,6-10,12H,5,11,13-14H2,1-2H3,(H,23,24);1H/p-1. The molecule has 1 aliphatic heterocycles. The number of hydrogen-bond donors (Lipinski definition) is 1. The summed E-state index contributed by atoms with van der Waals surface area (Å²) >= 11 is 0. The van der Waals surface area contributed by atoms with Crippen LogP contribution in [0.3, 0.4) is 0 Å². The van der Waals surface area contributed by atoms with Gasteiger partial charge >= 0.3 is 5.97 Å². The lowest BCUT2D eigenvalue weighted by Gasteiger charge is -2.13. The Bertz CT molecular complexity index is 815. The van der Waals surface area contributed by atoms with Crippen molar-refractivity contribution in [2.45, 2.75) is 19.4 Å². The number of ether oxygens (including phenoxy) is 1. The molecule has 0 saturated heterocycles. The molecule has 0 radical (unpaired) electrons. The number of nitrogens with zero attached hydrogens (tertiary/aromatic N) is 1. The molecule has 0 saturated carbocycles. The highest BCUT2D eigenvalue weighted by Gasteiger charge is 2.19. The highest BCUT2D eigenvalue weighted by Crippen LogP contribution is 2.37. The molecular weight excluding hydrogens is 350 g/mol. The zero-order valence-corrected chi connectivity index (χ0v) is 15.8. The van der Waals surface area contributed by atoms with Crippen molar-refractivity contribution >= 4 is 11.5 Å². The Balaban J connectivity index is 0.00000243. The van der Waals surface area contributed by atoms with Crippen LogP contribution in [0.2, 0.25) is 0 Å². The maximum Gasteiger partial charge on any atom is 0.307 e. The average molecular weight is 373 g/mol. The zero-order valence-electron chi connectivity index (χ0n) is 15.0. The molecule has 1 N–H and O–H groups in total. The van der Waals surface area contributed by atoms with Crippen molar-refractivity contribution < 1.29 is 27.0 Å². The maximum atomic E-state index is 11.1. The van der Waals surface area contributed by atoms with Crippen molar-refractivity contribution in [1.82, 2.24) is 4.90 Å². The number of rotatable bonds is 5. The Morgan fingerprint density at radius 3 is 2.69 bits per heavy atom. The number of carbonyl (C=O) groups is 1. The smallest absolute Gasteiger partial charge is 0.307 e. The molecule has 1 heterocycles. The first-order valence-electron chi connectivity index (χ1n) is 8.45. The molecule has 0 amide bonds. The van der Waals surface area contributed by atoms with E-state index in [-0.39, 0.29) is 18.8 Å². The third-order valence-electron chi connectivity index (χ3n) is 4.30. The van der Waals surface area contributed by atoms with Crippen LogP contribution in [0, 0.1) is 0 Å². The molecule has 26 heavy (non-hydrogen) atoms. The third kappa shape index (κ3) is 4.65. The number of fused-ring (bicyclic) bond motifs is 2. The highest BCUT2D eigenvalue weighted by molar-refractivity contribution is 5.85. The fourth-order valence-electron chi connectivity index (χ4n) is 3.09. The molecule has 5 heteroatoms.